The zero-order chi connectivity index (χ0) is 18.2. The number of piperidine rings is 1. The highest BCUT2D eigenvalue weighted by Crippen LogP contribution is 2.26. The van der Waals surface area contributed by atoms with Gasteiger partial charge < -0.3 is 4.74 Å². The lowest BCUT2D eigenvalue weighted by Gasteiger charge is -2.36. The van der Waals surface area contributed by atoms with Crippen LogP contribution in [0, 0.1) is 18.3 Å². The van der Waals surface area contributed by atoms with E-state index in [-0.39, 0.29) is 17.8 Å². The Hall–Kier alpha value is -2.32. The van der Waals surface area contributed by atoms with E-state index in [1.165, 1.54) is 7.11 Å². The molecule has 0 radical (unpaired) electrons. The number of likely N-dealkylation sites (tertiary alicyclic amines) is 1. The number of amides is 1. The maximum atomic E-state index is 13.2. The Morgan fingerprint density at radius 1 is 1.32 bits per heavy atom. The molecule has 25 heavy (non-hydrogen) atoms. The van der Waals surface area contributed by atoms with Gasteiger partial charge in [0, 0.05) is 11.6 Å². The lowest BCUT2D eigenvalue weighted by atomic mass is 9.94. The molecule has 2 rings (SSSR count). The first-order valence-electron chi connectivity index (χ1n) is 8.74. The smallest absolute Gasteiger partial charge is 0.328 e. The van der Waals surface area contributed by atoms with E-state index >= 15 is 0 Å². The maximum Gasteiger partial charge on any atom is 0.328 e. The van der Waals surface area contributed by atoms with Gasteiger partial charge in [0.25, 0.3) is 0 Å². The van der Waals surface area contributed by atoms with Gasteiger partial charge in [0.2, 0.25) is 5.91 Å². The van der Waals surface area contributed by atoms with E-state index in [0.29, 0.717) is 13.0 Å². The third-order valence-electron chi connectivity index (χ3n) is 4.70. The fraction of sp³-hybridized carbons (Fsp3) is 0.500. The molecule has 1 aromatic carbocycles. The van der Waals surface area contributed by atoms with Crippen LogP contribution in [0.2, 0.25) is 0 Å². The number of anilines is 1. The summed E-state index contributed by atoms with van der Waals surface area (Å²) in [5.41, 5.74) is 0.732. The number of esters is 1. The summed E-state index contributed by atoms with van der Waals surface area (Å²) < 4.78 is 4.93. The van der Waals surface area contributed by atoms with E-state index < -0.39 is 6.04 Å². The van der Waals surface area contributed by atoms with E-state index in [9.17, 15) is 9.59 Å². The summed E-state index contributed by atoms with van der Waals surface area (Å²) in [4.78, 5) is 29.3. The molecule has 0 bridgehead atoms. The molecule has 1 saturated heterocycles. The van der Waals surface area contributed by atoms with Crippen molar-refractivity contribution < 1.29 is 14.3 Å². The first kappa shape index (κ1) is 19.0. The number of nitrogens with zero attached hydrogens (tertiary/aromatic N) is 2. The summed E-state index contributed by atoms with van der Waals surface area (Å²) in [6.07, 6.45) is 7.37. The summed E-state index contributed by atoms with van der Waals surface area (Å²) in [5, 5.41) is 0. The molecule has 1 fully saturated rings. The number of hydrogen-bond acceptors (Lipinski definition) is 4. The molecular weight excluding hydrogens is 316 g/mol. The van der Waals surface area contributed by atoms with Crippen LogP contribution >= 0.6 is 0 Å². The van der Waals surface area contributed by atoms with Gasteiger partial charge in [-0.1, -0.05) is 31.0 Å². The molecule has 0 aliphatic carbocycles. The van der Waals surface area contributed by atoms with Gasteiger partial charge in [-0.05, 0) is 44.5 Å². The van der Waals surface area contributed by atoms with Gasteiger partial charge in [0.15, 0.2) is 0 Å². The van der Waals surface area contributed by atoms with E-state index in [2.05, 4.69) is 10.8 Å². The number of benzene rings is 1. The minimum absolute atomic E-state index is 0.0104. The van der Waals surface area contributed by atoms with E-state index in [1.807, 2.05) is 37.3 Å². The first-order chi connectivity index (χ1) is 12.1. The summed E-state index contributed by atoms with van der Waals surface area (Å²) in [6, 6.07) is 8.74. The van der Waals surface area contributed by atoms with Crippen molar-refractivity contribution >= 4 is 17.6 Å². The predicted octanol–water partition coefficient (Wildman–Crippen LogP) is 2.32. The standard InChI is InChI=1S/C20H26N2O3/c1-4-13-21-14-11-16(12-15-21)19(23)22(17-9-7-6-8-10-17)18(5-2)20(24)25-3/h1,6-10,16,18H,5,11-15H2,2-3H3. The molecule has 134 valence electrons. The topological polar surface area (TPSA) is 49.9 Å². The van der Waals surface area contributed by atoms with Crippen molar-refractivity contribution in [3.8, 4) is 12.3 Å². The van der Waals surface area contributed by atoms with E-state index in [0.717, 1.165) is 31.6 Å². The van der Waals surface area contributed by atoms with Gasteiger partial charge in [-0.3, -0.25) is 14.6 Å². The van der Waals surface area contributed by atoms with Gasteiger partial charge in [-0.15, -0.1) is 6.42 Å². The van der Waals surface area contributed by atoms with Crippen LogP contribution in [0.15, 0.2) is 30.3 Å². The van der Waals surface area contributed by atoms with Crippen LogP contribution in [0.3, 0.4) is 0 Å². The van der Waals surface area contributed by atoms with Crippen molar-refractivity contribution in [2.45, 2.75) is 32.2 Å². The Balaban J connectivity index is 2.22. The largest absolute Gasteiger partial charge is 0.467 e. The number of carbonyl (C=O) groups excluding carboxylic acids is 2. The summed E-state index contributed by atoms with van der Waals surface area (Å²) in [7, 11) is 1.36. The van der Waals surface area contributed by atoms with Crippen molar-refractivity contribution in [3.05, 3.63) is 30.3 Å². The Bertz CT molecular complexity index is 616. The molecule has 0 spiro atoms. The molecule has 1 atom stereocenters. The first-order valence-corrected chi connectivity index (χ1v) is 8.74. The van der Waals surface area contributed by atoms with Gasteiger partial charge in [0.05, 0.1) is 13.7 Å². The van der Waals surface area contributed by atoms with Crippen LogP contribution < -0.4 is 4.90 Å². The van der Waals surface area contributed by atoms with Crippen molar-refractivity contribution in [1.82, 2.24) is 4.90 Å². The number of methoxy groups -OCH3 is 1. The highest BCUT2D eigenvalue weighted by molar-refractivity contribution is 6.00. The molecule has 0 saturated carbocycles. The average Bonchev–Trinajstić information content (AvgIpc) is 2.66. The zero-order valence-electron chi connectivity index (χ0n) is 15.0. The number of ether oxygens (including phenoxy) is 1. The Morgan fingerprint density at radius 3 is 2.48 bits per heavy atom. The third-order valence-corrected chi connectivity index (χ3v) is 4.70. The number of para-hydroxylation sites is 1. The second-order valence-corrected chi connectivity index (χ2v) is 6.25. The lowest BCUT2D eigenvalue weighted by Crippen LogP contribution is -2.50. The Kier molecular flexibility index (Phi) is 7.03. The summed E-state index contributed by atoms with van der Waals surface area (Å²) >= 11 is 0. The van der Waals surface area contributed by atoms with Gasteiger partial charge in [-0.2, -0.15) is 0 Å². The molecule has 0 aromatic heterocycles. The number of carbonyl (C=O) groups is 2. The molecule has 1 amide bonds. The second-order valence-electron chi connectivity index (χ2n) is 6.25. The van der Waals surface area contributed by atoms with Crippen molar-refractivity contribution in [3.63, 3.8) is 0 Å². The predicted molar refractivity (Wildman–Crippen MR) is 98.0 cm³/mol. The highest BCUT2D eigenvalue weighted by atomic mass is 16.5. The molecular formula is C20H26N2O3. The third kappa shape index (κ3) is 4.61. The van der Waals surface area contributed by atoms with Crippen molar-refractivity contribution in [1.29, 1.82) is 0 Å². The van der Waals surface area contributed by atoms with Crippen LogP contribution in [0.25, 0.3) is 0 Å². The maximum absolute atomic E-state index is 13.2. The number of rotatable bonds is 6. The second kappa shape index (κ2) is 9.24. The fourth-order valence-corrected chi connectivity index (χ4v) is 3.30. The molecule has 5 nitrogen and oxygen atoms in total. The SMILES string of the molecule is C#CCN1CCC(C(=O)N(c2ccccc2)C(CC)C(=O)OC)CC1. The molecule has 5 heteroatoms. The Labute approximate surface area is 149 Å². The van der Waals surface area contributed by atoms with Crippen LogP contribution in [0.5, 0.6) is 0 Å². The molecule has 1 aromatic rings. The molecule has 1 aliphatic rings. The van der Waals surface area contributed by atoms with Crippen molar-refractivity contribution in [2.24, 2.45) is 5.92 Å². The average molecular weight is 342 g/mol. The fourth-order valence-electron chi connectivity index (χ4n) is 3.30. The minimum atomic E-state index is -0.608. The van der Waals surface area contributed by atoms with Crippen molar-refractivity contribution in [2.75, 3.05) is 31.6 Å². The lowest BCUT2D eigenvalue weighted by molar-refractivity contribution is -0.144. The monoisotopic (exact) mass is 342 g/mol. The molecule has 1 unspecified atom stereocenters. The number of terminal acetylenes is 1. The Morgan fingerprint density at radius 2 is 1.96 bits per heavy atom. The van der Waals surface area contributed by atoms with Gasteiger partial charge in [-0.25, -0.2) is 4.79 Å². The van der Waals surface area contributed by atoms with Crippen LogP contribution in [-0.2, 0) is 14.3 Å². The molecule has 1 heterocycles. The van der Waals surface area contributed by atoms with Gasteiger partial charge in [0.1, 0.15) is 6.04 Å². The van der Waals surface area contributed by atoms with E-state index in [1.54, 1.807) is 4.90 Å². The van der Waals surface area contributed by atoms with Crippen LogP contribution in [-0.4, -0.2) is 49.6 Å². The highest BCUT2D eigenvalue weighted by Gasteiger charge is 2.35. The number of hydrogen-bond donors (Lipinski definition) is 0. The van der Waals surface area contributed by atoms with Gasteiger partial charge >= 0.3 is 5.97 Å². The summed E-state index contributed by atoms with van der Waals surface area (Å²) in [6.45, 7) is 4.11. The van der Waals surface area contributed by atoms with E-state index in [4.69, 9.17) is 11.2 Å². The summed E-state index contributed by atoms with van der Waals surface area (Å²) in [5.74, 6) is 2.15. The van der Waals surface area contributed by atoms with Crippen LogP contribution in [0.4, 0.5) is 5.69 Å². The normalized spacial score (nSPS) is 16.7. The molecule has 1 aliphatic heterocycles. The zero-order valence-corrected chi connectivity index (χ0v) is 15.0. The minimum Gasteiger partial charge on any atom is -0.467 e. The quantitative estimate of drug-likeness (QED) is 0.588. The van der Waals surface area contributed by atoms with Crippen LogP contribution in [0.1, 0.15) is 26.2 Å². The molecule has 0 N–H and O–H groups in total.